The van der Waals surface area contributed by atoms with Crippen molar-refractivity contribution in [2.75, 3.05) is 0 Å². The van der Waals surface area contributed by atoms with Gasteiger partial charge in [0.05, 0.1) is 11.0 Å². The summed E-state index contributed by atoms with van der Waals surface area (Å²) in [4.78, 5) is 12.3. The maximum atomic E-state index is 12.3. The molecule has 4 aromatic carbocycles. The van der Waals surface area contributed by atoms with Gasteiger partial charge in [-0.15, -0.1) is 0 Å². The highest BCUT2D eigenvalue weighted by Crippen LogP contribution is 2.37. The van der Waals surface area contributed by atoms with E-state index in [-0.39, 0.29) is 0 Å². The van der Waals surface area contributed by atoms with Crippen LogP contribution in [-0.2, 0) is 6.54 Å². The Kier molecular flexibility index (Phi) is 5.40. The highest BCUT2D eigenvalue weighted by atomic mass is 35.5. The second kappa shape index (κ2) is 8.26. The molecule has 0 spiro atoms. The number of rotatable bonds is 4. The average Bonchev–Trinajstić information content (AvgIpc) is 3.10. The number of nitrogens with zero attached hydrogens (tertiary/aromatic N) is 1. The first-order valence-electron chi connectivity index (χ1n) is 10.6. The fourth-order valence-corrected chi connectivity index (χ4v) is 4.98. The summed E-state index contributed by atoms with van der Waals surface area (Å²) in [5, 5.41) is 2.84. The van der Waals surface area contributed by atoms with Crippen molar-refractivity contribution in [2.24, 2.45) is 5.73 Å². The molecule has 5 aromatic rings. The molecular weight excluding hydrogens is 451 g/mol. The van der Waals surface area contributed by atoms with E-state index in [0.717, 1.165) is 32.9 Å². The van der Waals surface area contributed by atoms with Crippen LogP contribution in [0.2, 0.25) is 10.0 Å². The Morgan fingerprint density at radius 2 is 1.79 bits per heavy atom. The van der Waals surface area contributed by atoms with Crippen LogP contribution in [0, 0.1) is 19.9 Å². The first kappa shape index (κ1) is 21.6. The highest BCUT2D eigenvalue weighted by Gasteiger charge is 2.18. The summed E-state index contributed by atoms with van der Waals surface area (Å²) in [7, 11) is 0. The maximum Gasteiger partial charge on any atom is 0.249 e. The van der Waals surface area contributed by atoms with Crippen LogP contribution in [0.15, 0.2) is 66.7 Å². The van der Waals surface area contributed by atoms with Crippen LogP contribution in [0.5, 0.6) is 0 Å². The van der Waals surface area contributed by atoms with E-state index in [9.17, 15) is 4.79 Å². The predicted octanol–water partition coefficient (Wildman–Crippen LogP) is 7.33. The Morgan fingerprint density at radius 3 is 2.55 bits per heavy atom. The zero-order valence-corrected chi connectivity index (χ0v) is 19.8. The van der Waals surface area contributed by atoms with E-state index in [2.05, 4.69) is 48.7 Å². The minimum Gasteiger partial charge on any atom is -0.366 e. The number of hydrogen-bond acceptors (Lipinski definition) is 1. The Hall–Kier alpha value is -3.27. The van der Waals surface area contributed by atoms with Gasteiger partial charge in [-0.05, 0) is 78.6 Å². The molecule has 0 bridgehead atoms. The van der Waals surface area contributed by atoms with Crippen molar-refractivity contribution in [2.45, 2.75) is 20.4 Å². The van der Waals surface area contributed by atoms with Crippen LogP contribution >= 0.6 is 23.2 Å². The number of benzene rings is 4. The van der Waals surface area contributed by atoms with Gasteiger partial charge in [-0.3, -0.25) is 4.79 Å². The summed E-state index contributed by atoms with van der Waals surface area (Å²) in [5.74, 6) is -0.454. The molecule has 163 valence electrons. The van der Waals surface area contributed by atoms with Crippen molar-refractivity contribution in [3.8, 4) is 11.1 Å². The number of hydrogen-bond donors (Lipinski definition) is 1. The normalized spacial score (nSPS) is 11.4. The molecule has 5 rings (SSSR count). The molecule has 0 fully saturated rings. The van der Waals surface area contributed by atoms with E-state index >= 15 is 0 Å². The Balaban J connectivity index is 1.82. The molecule has 0 atom stereocenters. The number of halogens is 2. The molecule has 1 amide bonds. The molecule has 2 N–H and O–H groups in total. The number of primary amides is 1. The highest BCUT2D eigenvalue weighted by molar-refractivity contribution is 6.36. The first-order chi connectivity index (χ1) is 15.8. The fourth-order valence-electron chi connectivity index (χ4n) is 4.46. The summed E-state index contributed by atoms with van der Waals surface area (Å²) in [6.45, 7) is 4.91. The van der Waals surface area contributed by atoms with E-state index in [1.807, 2.05) is 30.3 Å². The first-order valence-corrected chi connectivity index (χ1v) is 11.4. The lowest BCUT2D eigenvalue weighted by molar-refractivity contribution is 0.100. The van der Waals surface area contributed by atoms with E-state index in [1.54, 1.807) is 12.1 Å². The molecular formula is C28H21Cl2N2O. The molecule has 0 aliphatic heterocycles. The predicted molar refractivity (Wildman–Crippen MR) is 137 cm³/mol. The second-order valence-corrected chi connectivity index (χ2v) is 9.13. The summed E-state index contributed by atoms with van der Waals surface area (Å²) in [6.07, 6.45) is 0. The van der Waals surface area contributed by atoms with Crippen molar-refractivity contribution in [1.29, 1.82) is 0 Å². The molecule has 0 aliphatic carbocycles. The number of carbonyl (C=O) groups is 1. The van der Waals surface area contributed by atoms with Gasteiger partial charge in [0.2, 0.25) is 5.91 Å². The van der Waals surface area contributed by atoms with Crippen LogP contribution < -0.4 is 5.73 Å². The zero-order chi connectivity index (χ0) is 23.3. The van der Waals surface area contributed by atoms with E-state index in [4.69, 9.17) is 28.9 Å². The van der Waals surface area contributed by atoms with Crippen molar-refractivity contribution in [1.82, 2.24) is 4.57 Å². The van der Waals surface area contributed by atoms with E-state index < -0.39 is 5.91 Å². The van der Waals surface area contributed by atoms with Gasteiger partial charge in [-0.2, -0.15) is 0 Å². The minimum atomic E-state index is -0.454. The fraction of sp³-hybridized carbons (Fsp3) is 0.107. The summed E-state index contributed by atoms with van der Waals surface area (Å²) >= 11 is 12.6. The Labute approximate surface area is 202 Å². The lowest BCUT2D eigenvalue weighted by Gasteiger charge is -2.13. The summed E-state index contributed by atoms with van der Waals surface area (Å²) in [6, 6.07) is 24.9. The molecule has 3 nitrogen and oxygen atoms in total. The van der Waals surface area contributed by atoms with E-state index in [1.165, 1.54) is 16.7 Å². The molecule has 0 saturated carbocycles. The number of amides is 1. The molecule has 33 heavy (non-hydrogen) atoms. The van der Waals surface area contributed by atoms with Crippen molar-refractivity contribution < 1.29 is 4.79 Å². The van der Waals surface area contributed by atoms with Gasteiger partial charge < -0.3 is 10.3 Å². The van der Waals surface area contributed by atoms with Crippen molar-refractivity contribution in [3.63, 3.8) is 0 Å². The van der Waals surface area contributed by atoms with Crippen molar-refractivity contribution >= 4 is 50.9 Å². The van der Waals surface area contributed by atoms with Crippen LogP contribution in [0.3, 0.4) is 0 Å². The van der Waals surface area contributed by atoms with Crippen molar-refractivity contribution in [3.05, 3.63) is 105 Å². The number of fused-ring (bicyclic) bond motifs is 3. The molecule has 1 radical (unpaired) electrons. The zero-order valence-electron chi connectivity index (χ0n) is 18.2. The SMILES string of the molecule is Cc1cccc(Cn2c3cc(-c4ccc(Cl)cc4Cl)c[c]c3c3c(C(N)=O)cccc32)c1C. The Morgan fingerprint density at radius 1 is 1.00 bits per heavy atom. The second-order valence-electron chi connectivity index (χ2n) is 8.28. The van der Waals surface area contributed by atoms with Gasteiger partial charge in [0, 0.05) is 38.5 Å². The maximum absolute atomic E-state index is 12.3. The van der Waals surface area contributed by atoms with Crippen LogP contribution in [0.4, 0.5) is 0 Å². The lowest BCUT2D eigenvalue weighted by atomic mass is 10.0. The molecule has 1 aromatic heterocycles. The number of aryl methyl sites for hydroxylation is 1. The number of aromatic nitrogens is 1. The number of nitrogens with two attached hydrogens (primary N) is 1. The third-order valence-electron chi connectivity index (χ3n) is 6.35. The van der Waals surface area contributed by atoms with Gasteiger partial charge in [0.1, 0.15) is 0 Å². The monoisotopic (exact) mass is 471 g/mol. The topological polar surface area (TPSA) is 48.0 Å². The molecule has 0 aliphatic rings. The summed E-state index contributed by atoms with van der Waals surface area (Å²) in [5.41, 5.74) is 13.6. The lowest BCUT2D eigenvalue weighted by Crippen LogP contribution is -2.11. The average molecular weight is 472 g/mol. The smallest absolute Gasteiger partial charge is 0.249 e. The minimum absolute atomic E-state index is 0.454. The van der Waals surface area contributed by atoms with Crippen LogP contribution in [0.1, 0.15) is 27.0 Å². The molecule has 1 heterocycles. The standard InChI is InChI=1S/C28H21Cl2N2O/c1-16-5-3-6-19(17(16)2)15-32-25-8-4-7-23(28(31)33)27(25)22-11-9-18(13-26(22)32)21-12-10-20(29)14-24(21)30/h3-10,12-14H,15H2,1-2H3,(H2,31,33). The quantitative estimate of drug-likeness (QED) is 0.292. The third-order valence-corrected chi connectivity index (χ3v) is 6.90. The molecule has 0 unspecified atom stereocenters. The third kappa shape index (κ3) is 3.68. The van der Waals surface area contributed by atoms with Gasteiger partial charge in [-0.1, -0.05) is 53.5 Å². The van der Waals surface area contributed by atoms with Gasteiger partial charge in [-0.25, -0.2) is 0 Å². The molecule has 5 heteroatoms. The van der Waals surface area contributed by atoms with Gasteiger partial charge in [0.25, 0.3) is 0 Å². The van der Waals surface area contributed by atoms with Crippen LogP contribution in [-0.4, -0.2) is 10.5 Å². The van der Waals surface area contributed by atoms with E-state index in [0.29, 0.717) is 22.2 Å². The summed E-state index contributed by atoms with van der Waals surface area (Å²) < 4.78 is 2.22. The number of carbonyl (C=O) groups excluding carboxylic acids is 1. The van der Waals surface area contributed by atoms with Gasteiger partial charge in [0.15, 0.2) is 0 Å². The van der Waals surface area contributed by atoms with Gasteiger partial charge >= 0.3 is 0 Å². The largest absolute Gasteiger partial charge is 0.366 e. The Bertz CT molecular complexity index is 1570. The molecule has 0 saturated heterocycles. The van der Waals surface area contributed by atoms with Crippen LogP contribution in [0.25, 0.3) is 32.9 Å².